The molecule has 0 fully saturated rings. The Morgan fingerprint density at radius 2 is 1.23 bits per heavy atom. The van der Waals surface area contributed by atoms with Gasteiger partial charge in [-0.1, -0.05) is 93.5 Å². The van der Waals surface area contributed by atoms with Gasteiger partial charge in [-0.05, 0) is 70.2 Å². The Balaban J connectivity index is 2.10. The van der Waals surface area contributed by atoms with Gasteiger partial charge in [0, 0.05) is 11.1 Å². The van der Waals surface area contributed by atoms with Crippen LogP contribution in [0.4, 0.5) is 0 Å². The zero-order chi connectivity index (χ0) is 26.6. The minimum atomic E-state index is -0.589. The van der Waals surface area contributed by atoms with E-state index in [1.165, 1.54) is 5.56 Å². The zero-order valence-electron chi connectivity index (χ0n) is 23.7. The van der Waals surface area contributed by atoms with Gasteiger partial charge < -0.3 is 4.74 Å². The average molecular weight is 477 g/mol. The Kier molecular flexibility index (Phi) is 6.92. The van der Waals surface area contributed by atoms with Gasteiger partial charge in [-0.15, -0.1) is 0 Å². The van der Waals surface area contributed by atoms with Crippen LogP contribution in [0.1, 0.15) is 128 Å². The number of ketones is 1. The van der Waals surface area contributed by atoms with Gasteiger partial charge in [-0.2, -0.15) is 0 Å². The number of rotatable bonds is 6. The second-order valence-corrected chi connectivity index (χ2v) is 14.2. The first-order chi connectivity index (χ1) is 15.8. The Morgan fingerprint density at radius 3 is 1.71 bits per heavy atom. The quantitative estimate of drug-likeness (QED) is 0.239. The number of benzene rings is 2. The molecule has 3 heteroatoms. The van der Waals surface area contributed by atoms with Crippen molar-refractivity contribution in [3.8, 4) is 5.75 Å². The highest BCUT2D eigenvalue weighted by molar-refractivity contribution is 5.99. The number of ether oxygens (including phenoxy) is 1. The van der Waals surface area contributed by atoms with Gasteiger partial charge in [0.1, 0.15) is 11.7 Å². The van der Waals surface area contributed by atoms with Crippen molar-refractivity contribution in [1.29, 1.82) is 0 Å². The minimum Gasteiger partial charge on any atom is -0.425 e. The molecule has 0 N–H and O–H groups in total. The molecule has 0 amide bonds. The number of carbonyl (C=O) groups excluding carboxylic acids is 2. The van der Waals surface area contributed by atoms with Crippen molar-refractivity contribution in [1.82, 2.24) is 0 Å². The molecule has 1 aliphatic heterocycles. The summed E-state index contributed by atoms with van der Waals surface area (Å²) in [4.78, 5) is 26.0. The number of hydrogen-bond donors (Lipinski definition) is 0. The van der Waals surface area contributed by atoms with Gasteiger partial charge in [-0.3, -0.25) is 9.59 Å². The molecule has 0 spiro atoms. The average Bonchev–Trinajstić information content (AvgIpc) is 2.98. The van der Waals surface area contributed by atoms with Crippen LogP contribution in [-0.4, -0.2) is 11.8 Å². The number of Topliss-reactive ketones (excluding diaryl/α,β-unsaturated/α-hetero) is 1. The topological polar surface area (TPSA) is 43.4 Å². The van der Waals surface area contributed by atoms with Crippen molar-refractivity contribution in [2.75, 3.05) is 0 Å². The van der Waals surface area contributed by atoms with Gasteiger partial charge in [0.25, 0.3) is 0 Å². The lowest BCUT2D eigenvalue weighted by molar-refractivity contribution is -0.133. The standard InChI is InChI=1S/C32H44O3/c1-20(33)24-16-21(31(8,9)18-29(2,3)4)12-14-23(24)27-25-17-22(13-15-26(25)35-28(27)34)32(10,11)19-30(5,6)7/h12-17,27H,18-19H2,1-11H3. The van der Waals surface area contributed by atoms with Crippen LogP contribution in [0.2, 0.25) is 0 Å². The van der Waals surface area contributed by atoms with Crippen molar-refractivity contribution >= 4 is 11.8 Å². The molecular weight excluding hydrogens is 432 g/mol. The van der Waals surface area contributed by atoms with Crippen LogP contribution in [0, 0.1) is 10.8 Å². The van der Waals surface area contributed by atoms with Crippen molar-refractivity contribution in [3.63, 3.8) is 0 Å². The van der Waals surface area contributed by atoms with E-state index < -0.39 is 5.92 Å². The summed E-state index contributed by atoms with van der Waals surface area (Å²) < 4.78 is 5.69. The first-order valence-electron chi connectivity index (χ1n) is 12.8. The molecule has 0 saturated heterocycles. The van der Waals surface area contributed by atoms with Gasteiger partial charge in [0.15, 0.2) is 5.78 Å². The van der Waals surface area contributed by atoms with Crippen LogP contribution in [0.5, 0.6) is 5.75 Å². The van der Waals surface area contributed by atoms with E-state index in [0.29, 0.717) is 11.3 Å². The molecule has 0 bridgehead atoms. The highest BCUT2D eigenvalue weighted by Crippen LogP contribution is 2.45. The Labute approximate surface area is 212 Å². The smallest absolute Gasteiger partial charge is 0.323 e. The maximum atomic E-state index is 13.1. The van der Waals surface area contributed by atoms with Gasteiger partial charge >= 0.3 is 5.97 Å². The van der Waals surface area contributed by atoms with E-state index in [1.807, 2.05) is 18.2 Å². The van der Waals surface area contributed by atoms with Crippen LogP contribution in [0.3, 0.4) is 0 Å². The third kappa shape index (κ3) is 6.05. The lowest BCUT2D eigenvalue weighted by atomic mass is 9.71. The van der Waals surface area contributed by atoms with Crippen molar-refractivity contribution in [3.05, 3.63) is 64.2 Å². The maximum absolute atomic E-state index is 13.1. The first kappa shape index (κ1) is 27.2. The summed E-state index contributed by atoms with van der Waals surface area (Å²) in [7, 11) is 0. The van der Waals surface area contributed by atoms with Gasteiger partial charge in [0.2, 0.25) is 0 Å². The van der Waals surface area contributed by atoms with E-state index in [4.69, 9.17) is 4.74 Å². The summed E-state index contributed by atoms with van der Waals surface area (Å²) in [5.41, 5.74) is 4.68. The molecule has 1 heterocycles. The highest BCUT2D eigenvalue weighted by atomic mass is 16.5. The second kappa shape index (κ2) is 8.91. The summed E-state index contributed by atoms with van der Waals surface area (Å²) in [6.45, 7) is 24.0. The third-order valence-corrected chi connectivity index (χ3v) is 7.02. The molecule has 35 heavy (non-hydrogen) atoms. The monoisotopic (exact) mass is 476 g/mol. The molecule has 0 aliphatic carbocycles. The van der Waals surface area contributed by atoms with E-state index in [-0.39, 0.29) is 33.4 Å². The van der Waals surface area contributed by atoms with Crippen LogP contribution < -0.4 is 4.74 Å². The fourth-order valence-electron chi connectivity index (χ4n) is 6.27. The van der Waals surface area contributed by atoms with Crippen LogP contribution >= 0.6 is 0 Å². The lowest BCUT2D eigenvalue weighted by Gasteiger charge is -2.34. The summed E-state index contributed by atoms with van der Waals surface area (Å²) >= 11 is 0. The molecule has 1 aliphatic rings. The van der Waals surface area contributed by atoms with E-state index in [9.17, 15) is 9.59 Å². The molecule has 2 aromatic rings. The molecule has 0 radical (unpaired) electrons. The summed E-state index contributed by atoms with van der Waals surface area (Å²) in [5.74, 6) is -0.329. The van der Waals surface area contributed by atoms with Crippen LogP contribution in [0.25, 0.3) is 0 Å². The number of fused-ring (bicyclic) bond motifs is 1. The van der Waals surface area contributed by atoms with Crippen LogP contribution in [0.15, 0.2) is 36.4 Å². The van der Waals surface area contributed by atoms with Gasteiger partial charge in [0.05, 0.1) is 0 Å². The second-order valence-electron chi connectivity index (χ2n) is 14.2. The molecule has 1 atom stereocenters. The molecule has 0 aromatic heterocycles. The van der Waals surface area contributed by atoms with E-state index in [1.54, 1.807) is 6.92 Å². The molecule has 0 saturated carbocycles. The molecule has 3 rings (SSSR count). The summed E-state index contributed by atoms with van der Waals surface area (Å²) in [5, 5.41) is 0. The van der Waals surface area contributed by atoms with E-state index in [0.717, 1.165) is 29.5 Å². The summed E-state index contributed by atoms with van der Waals surface area (Å²) in [6, 6.07) is 12.2. The predicted molar refractivity (Wildman–Crippen MR) is 145 cm³/mol. The van der Waals surface area contributed by atoms with E-state index >= 15 is 0 Å². The normalized spacial score (nSPS) is 16.8. The fraction of sp³-hybridized carbons (Fsp3) is 0.562. The van der Waals surface area contributed by atoms with E-state index in [2.05, 4.69) is 87.4 Å². The van der Waals surface area contributed by atoms with Gasteiger partial charge in [-0.25, -0.2) is 0 Å². The lowest BCUT2D eigenvalue weighted by Crippen LogP contribution is -2.26. The predicted octanol–water partition coefficient (Wildman–Crippen LogP) is 8.37. The Bertz CT molecular complexity index is 1140. The molecule has 2 aromatic carbocycles. The molecular formula is C32H44O3. The molecule has 3 nitrogen and oxygen atoms in total. The molecule has 190 valence electrons. The fourth-order valence-corrected chi connectivity index (χ4v) is 6.27. The summed E-state index contributed by atoms with van der Waals surface area (Å²) in [6.07, 6.45) is 1.99. The highest BCUT2D eigenvalue weighted by Gasteiger charge is 2.39. The largest absolute Gasteiger partial charge is 0.425 e. The Hall–Kier alpha value is -2.42. The van der Waals surface area contributed by atoms with Crippen LogP contribution in [-0.2, 0) is 15.6 Å². The van der Waals surface area contributed by atoms with Crippen molar-refractivity contribution < 1.29 is 14.3 Å². The number of hydrogen-bond acceptors (Lipinski definition) is 3. The minimum absolute atomic E-state index is 0.0288. The number of carbonyl (C=O) groups is 2. The maximum Gasteiger partial charge on any atom is 0.323 e. The SMILES string of the molecule is CC(=O)c1cc(C(C)(C)CC(C)(C)C)ccc1C1C(=O)Oc2ccc(C(C)(C)CC(C)(C)C)cc21. The molecule has 1 unspecified atom stereocenters. The first-order valence-corrected chi connectivity index (χ1v) is 12.8. The third-order valence-electron chi connectivity index (χ3n) is 7.02. The zero-order valence-corrected chi connectivity index (χ0v) is 23.7. The van der Waals surface area contributed by atoms with Crippen molar-refractivity contribution in [2.24, 2.45) is 10.8 Å². The number of esters is 1. The Morgan fingerprint density at radius 1 is 0.743 bits per heavy atom. The van der Waals surface area contributed by atoms with Crippen molar-refractivity contribution in [2.45, 2.75) is 106 Å².